The summed E-state index contributed by atoms with van der Waals surface area (Å²) in [5, 5.41) is 9.48. The fraction of sp³-hybridized carbons (Fsp3) is 0.652. The molecule has 1 amide bonds. The van der Waals surface area contributed by atoms with Crippen molar-refractivity contribution < 1.29 is 4.79 Å². The molecule has 1 spiro atoms. The van der Waals surface area contributed by atoms with Gasteiger partial charge in [-0.1, -0.05) is 32.1 Å². The molecule has 0 radical (unpaired) electrons. The van der Waals surface area contributed by atoms with E-state index in [0.29, 0.717) is 6.04 Å². The van der Waals surface area contributed by atoms with Gasteiger partial charge in [-0.15, -0.1) is 0 Å². The van der Waals surface area contributed by atoms with Crippen molar-refractivity contribution in [2.75, 3.05) is 5.32 Å². The summed E-state index contributed by atoms with van der Waals surface area (Å²) < 4.78 is 1.96. The van der Waals surface area contributed by atoms with Crippen molar-refractivity contribution in [1.29, 1.82) is 0 Å². The van der Waals surface area contributed by atoms with Gasteiger partial charge in [0.15, 0.2) is 5.65 Å². The highest BCUT2D eigenvalue weighted by molar-refractivity contribution is 6.19. The molecule has 154 valence electrons. The average Bonchev–Trinajstić information content (AvgIpc) is 3.43. The molecule has 0 saturated heterocycles. The van der Waals surface area contributed by atoms with Gasteiger partial charge in [0.25, 0.3) is 5.91 Å². The molecule has 2 aliphatic carbocycles. The lowest BCUT2D eigenvalue weighted by Gasteiger charge is -2.26. The minimum atomic E-state index is -0.244. The number of nitrogens with zero attached hydrogens (tertiary/aromatic N) is 4. The standard InChI is InChI=1S/C23H31N5O/c1-3-28-21-17(14-24-28)20(26-16-9-5-4-6-10-16)19(15(2)25-21)18-13-23(22(29)27-18)11-7-8-12-23/h14,16H,3-13H2,1-2H3,(H,25,26). The fourth-order valence-corrected chi connectivity index (χ4v) is 5.65. The van der Waals surface area contributed by atoms with Gasteiger partial charge >= 0.3 is 0 Å². The zero-order valence-electron chi connectivity index (χ0n) is 17.6. The second kappa shape index (κ2) is 7.22. The quantitative estimate of drug-likeness (QED) is 0.811. The van der Waals surface area contributed by atoms with E-state index in [9.17, 15) is 4.79 Å². The van der Waals surface area contributed by atoms with Gasteiger partial charge in [0.1, 0.15) is 0 Å². The number of carbonyl (C=O) groups excluding carboxylic acids is 1. The van der Waals surface area contributed by atoms with Gasteiger partial charge < -0.3 is 5.32 Å². The van der Waals surface area contributed by atoms with Gasteiger partial charge in [-0.2, -0.15) is 5.10 Å². The molecule has 0 unspecified atom stereocenters. The van der Waals surface area contributed by atoms with Gasteiger partial charge in [0.05, 0.1) is 34.1 Å². The number of pyridine rings is 1. The monoisotopic (exact) mass is 393 g/mol. The maximum Gasteiger partial charge on any atom is 0.252 e. The van der Waals surface area contributed by atoms with Crippen LogP contribution in [0.15, 0.2) is 11.2 Å². The number of hydrogen-bond acceptors (Lipinski definition) is 4. The molecule has 6 nitrogen and oxygen atoms in total. The summed E-state index contributed by atoms with van der Waals surface area (Å²) in [6.45, 7) is 4.94. The number of anilines is 1. The molecular formula is C23H31N5O. The molecule has 2 fully saturated rings. The molecule has 0 aromatic carbocycles. The Morgan fingerprint density at radius 3 is 2.66 bits per heavy atom. The van der Waals surface area contributed by atoms with Gasteiger partial charge in [-0.25, -0.2) is 14.7 Å². The Balaban J connectivity index is 1.62. The molecule has 29 heavy (non-hydrogen) atoms. The Hall–Kier alpha value is -2.24. The van der Waals surface area contributed by atoms with Crippen LogP contribution in [0.25, 0.3) is 11.0 Å². The number of rotatable bonds is 4. The third-order valence-corrected chi connectivity index (χ3v) is 7.26. The maximum atomic E-state index is 12.9. The summed E-state index contributed by atoms with van der Waals surface area (Å²) in [7, 11) is 0. The van der Waals surface area contributed by atoms with Crippen molar-refractivity contribution in [2.45, 2.75) is 90.6 Å². The van der Waals surface area contributed by atoms with Crippen LogP contribution in [0.5, 0.6) is 0 Å². The van der Waals surface area contributed by atoms with Crippen LogP contribution in [0.3, 0.4) is 0 Å². The molecule has 6 heteroatoms. The molecule has 2 aromatic rings. The highest BCUT2D eigenvalue weighted by Crippen LogP contribution is 2.47. The van der Waals surface area contributed by atoms with Gasteiger partial charge in [0.2, 0.25) is 0 Å². The van der Waals surface area contributed by atoms with E-state index in [-0.39, 0.29) is 11.3 Å². The van der Waals surface area contributed by atoms with E-state index in [0.717, 1.165) is 72.3 Å². The molecular weight excluding hydrogens is 362 g/mol. The number of carbonyl (C=O) groups is 1. The van der Waals surface area contributed by atoms with E-state index in [1.54, 1.807) is 0 Å². The Kier molecular flexibility index (Phi) is 4.67. The molecule has 0 atom stereocenters. The number of nitrogens with one attached hydrogen (secondary N) is 1. The largest absolute Gasteiger partial charge is 0.381 e. The first-order valence-electron chi connectivity index (χ1n) is 11.4. The molecule has 2 saturated carbocycles. The SMILES string of the molecule is CCn1ncc2c(NC3CCCCC3)c(C3=NC(=O)C4(CCCC4)C3)c(C)nc21. The Bertz CT molecular complexity index is 977. The summed E-state index contributed by atoms with van der Waals surface area (Å²) in [5.41, 5.74) is 4.72. The summed E-state index contributed by atoms with van der Waals surface area (Å²) in [6.07, 6.45) is 13.2. The number of aromatic nitrogens is 3. The van der Waals surface area contributed by atoms with Crippen LogP contribution in [0, 0.1) is 12.3 Å². The normalized spacial score (nSPS) is 22.0. The number of aryl methyl sites for hydroxylation is 2. The molecule has 2 aromatic heterocycles. The third kappa shape index (κ3) is 3.08. The van der Waals surface area contributed by atoms with E-state index in [4.69, 9.17) is 4.98 Å². The van der Waals surface area contributed by atoms with Crippen molar-refractivity contribution >= 4 is 28.3 Å². The van der Waals surface area contributed by atoms with Crippen LogP contribution in [0.4, 0.5) is 5.69 Å². The van der Waals surface area contributed by atoms with Crippen LogP contribution < -0.4 is 5.32 Å². The maximum absolute atomic E-state index is 12.9. The van der Waals surface area contributed by atoms with Crippen LogP contribution in [-0.2, 0) is 11.3 Å². The van der Waals surface area contributed by atoms with Crippen molar-refractivity contribution in [3.63, 3.8) is 0 Å². The van der Waals surface area contributed by atoms with E-state index in [1.165, 1.54) is 32.1 Å². The predicted molar refractivity (Wildman–Crippen MR) is 115 cm³/mol. The first kappa shape index (κ1) is 18.8. The number of hydrogen-bond donors (Lipinski definition) is 1. The topological polar surface area (TPSA) is 72.2 Å². The molecule has 1 aliphatic heterocycles. The minimum absolute atomic E-state index is 0.0948. The smallest absolute Gasteiger partial charge is 0.252 e. The molecule has 0 bridgehead atoms. The minimum Gasteiger partial charge on any atom is -0.381 e. The average molecular weight is 394 g/mol. The third-order valence-electron chi connectivity index (χ3n) is 7.26. The van der Waals surface area contributed by atoms with E-state index in [2.05, 4.69) is 29.3 Å². The van der Waals surface area contributed by atoms with E-state index >= 15 is 0 Å². The van der Waals surface area contributed by atoms with Gasteiger partial charge in [-0.3, -0.25) is 4.79 Å². The number of aliphatic imine (C=N–C) groups is 1. The second-order valence-corrected chi connectivity index (χ2v) is 9.15. The zero-order chi connectivity index (χ0) is 20.0. The lowest BCUT2D eigenvalue weighted by molar-refractivity contribution is -0.125. The van der Waals surface area contributed by atoms with Gasteiger partial charge in [0, 0.05) is 24.6 Å². The Labute approximate surface area is 172 Å². The van der Waals surface area contributed by atoms with Crippen LogP contribution in [0.1, 0.15) is 82.4 Å². The molecule has 3 heterocycles. The summed E-state index contributed by atoms with van der Waals surface area (Å²) in [5.74, 6) is 0.0948. The first-order valence-corrected chi connectivity index (χ1v) is 11.4. The lowest BCUT2D eigenvalue weighted by atomic mass is 9.81. The highest BCUT2D eigenvalue weighted by Gasteiger charge is 2.47. The number of fused-ring (bicyclic) bond motifs is 1. The predicted octanol–water partition coefficient (Wildman–Crippen LogP) is 4.78. The van der Waals surface area contributed by atoms with Crippen LogP contribution >= 0.6 is 0 Å². The molecule has 1 N–H and O–H groups in total. The van der Waals surface area contributed by atoms with E-state index in [1.807, 2.05) is 10.9 Å². The Morgan fingerprint density at radius 1 is 1.17 bits per heavy atom. The summed E-state index contributed by atoms with van der Waals surface area (Å²) in [6, 6.07) is 0.468. The fourth-order valence-electron chi connectivity index (χ4n) is 5.65. The van der Waals surface area contributed by atoms with Crippen LogP contribution in [0.2, 0.25) is 0 Å². The first-order chi connectivity index (χ1) is 14.1. The summed E-state index contributed by atoms with van der Waals surface area (Å²) >= 11 is 0. The summed E-state index contributed by atoms with van der Waals surface area (Å²) in [4.78, 5) is 22.4. The van der Waals surface area contributed by atoms with Crippen LogP contribution in [-0.4, -0.2) is 32.4 Å². The second-order valence-electron chi connectivity index (χ2n) is 9.15. The van der Waals surface area contributed by atoms with Crippen molar-refractivity contribution in [3.8, 4) is 0 Å². The zero-order valence-corrected chi connectivity index (χ0v) is 17.6. The van der Waals surface area contributed by atoms with Crippen molar-refractivity contribution in [2.24, 2.45) is 10.4 Å². The van der Waals surface area contributed by atoms with E-state index < -0.39 is 0 Å². The lowest BCUT2D eigenvalue weighted by Crippen LogP contribution is -2.25. The molecule has 5 rings (SSSR count). The molecule has 3 aliphatic rings. The Morgan fingerprint density at radius 2 is 1.93 bits per heavy atom. The number of amides is 1. The van der Waals surface area contributed by atoms with Crippen molar-refractivity contribution in [1.82, 2.24) is 14.8 Å². The van der Waals surface area contributed by atoms with Gasteiger partial charge in [-0.05, 0) is 39.5 Å². The van der Waals surface area contributed by atoms with Crippen molar-refractivity contribution in [3.05, 3.63) is 17.5 Å². The highest BCUT2D eigenvalue weighted by atomic mass is 16.1.